The highest BCUT2D eigenvalue weighted by molar-refractivity contribution is 7.13. The second-order valence-corrected chi connectivity index (χ2v) is 4.90. The van der Waals surface area contributed by atoms with Gasteiger partial charge >= 0.3 is 0 Å². The second-order valence-electron chi connectivity index (χ2n) is 4.01. The number of hydrogen-bond acceptors (Lipinski definition) is 4. The van der Waals surface area contributed by atoms with Gasteiger partial charge in [0.15, 0.2) is 5.13 Å². The molecule has 0 spiro atoms. The fourth-order valence-corrected chi connectivity index (χ4v) is 2.84. The summed E-state index contributed by atoms with van der Waals surface area (Å²) in [7, 11) is 0. The SMILES string of the molecule is NC1CC(Nc2nccs2)c2ccccc21. The summed E-state index contributed by atoms with van der Waals surface area (Å²) in [4.78, 5) is 4.24. The summed E-state index contributed by atoms with van der Waals surface area (Å²) in [5.74, 6) is 0. The van der Waals surface area contributed by atoms with Crippen molar-refractivity contribution in [3.63, 3.8) is 0 Å². The highest BCUT2D eigenvalue weighted by Gasteiger charge is 2.28. The quantitative estimate of drug-likeness (QED) is 0.835. The van der Waals surface area contributed by atoms with Gasteiger partial charge in [0.1, 0.15) is 0 Å². The second kappa shape index (κ2) is 3.88. The molecule has 2 aromatic rings. The molecule has 2 atom stereocenters. The van der Waals surface area contributed by atoms with Gasteiger partial charge in [-0.1, -0.05) is 24.3 Å². The summed E-state index contributed by atoms with van der Waals surface area (Å²) in [6, 6.07) is 8.82. The lowest BCUT2D eigenvalue weighted by molar-refractivity contribution is 0.648. The summed E-state index contributed by atoms with van der Waals surface area (Å²) in [6.45, 7) is 0. The van der Waals surface area contributed by atoms with Crippen LogP contribution in [0, 0.1) is 0 Å². The number of fused-ring (bicyclic) bond motifs is 1. The standard InChI is InChI=1S/C12H13N3S/c13-10-7-11(15-12-14-5-6-16-12)9-4-2-1-3-8(9)10/h1-6,10-11H,7,13H2,(H,14,15). The minimum atomic E-state index is 0.147. The molecule has 1 aromatic carbocycles. The van der Waals surface area contributed by atoms with E-state index in [-0.39, 0.29) is 6.04 Å². The van der Waals surface area contributed by atoms with Crippen molar-refractivity contribution in [2.45, 2.75) is 18.5 Å². The van der Waals surface area contributed by atoms with E-state index >= 15 is 0 Å². The number of aromatic nitrogens is 1. The van der Waals surface area contributed by atoms with Gasteiger partial charge in [-0.3, -0.25) is 0 Å². The average Bonchev–Trinajstić information content (AvgIpc) is 2.90. The summed E-state index contributed by atoms with van der Waals surface area (Å²) >= 11 is 1.62. The topological polar surface area (TPSA) is 50.9 Å². The van der Waals surface area contributed by atoms with Gasteiger partial charge in [0.05, 0.1) is 6.04 Å². The smallest absolute Gasteiger partial charge is 0.183 e. The molecular formula is C12H13N3S. The van der Waals surface area contributed by atoms with E-state index in [1.807, 2.05) is 17.6 Å². The van der Waals surface area contributed by atoms with Crippen molar-refractivity contribution in [1.29, 1.82) is 0 Å². The van der Waals surface area contributed by atoms with E-state index in [4.69, 9.17) is 5.73 Å². The molecule has 82 valence electrons. The van der Waals surface area contributed by atoms with E-state index < -0.39 is 0 Å². The van der Waals surface area contributed by atoms with Gasteiger partial charge in [0.2, 0.25) is 0 Å². The molecule has 1 aliphatic carbocycles. The highest BCUT2D eigenvalue weighted by Crippen LogP contribution is 2.39. The van der Waals surface area contributed by atoms with Gasteiger partial charge in [0, 0.05) is 17.6 Å². The molecule has 1 aliphatic rings. The van der Waals surface area contributed by atoms with Crippen molar-refractivity contribution in [3.8, 4) is 0 Å². The van der Waals surface area contributed by atoms with Gasteiger partial charge in [-0.15, -0.1) is 11.3 Å². The fourth-order valence-electron chi connectivity index (χ4n) is 2.25. The van der Waals surface area contributed by atoms with E-state index in [0.29, 0.717) is 6.04 Å². The molecule has 0 saturated heterocycles. The number of thiazole rings is 1. The molecule has 1 heterocycles. The summed E-state index contributed by atoms with van der Waals surface area (Å²) < 4.78 is 0. The van der Waals surface area contributed by atoms with Crippen LogP contribution in [0.5, 0.6) is 0 Å². The Labute approximate surface area is 98.3 Å². The van der Waals surface area contributed by atoms with Crippen molar-refractivity contribution in [2.24, 2.45) is 5.73 Å². The average molecular weight is 231 g/mol. The maximum atomic E-state index is 6.11. The fraction of sp³-hybridized carbons (Fsp3) is 0.250. The Morgan fingerprint density at radius 3 is 2.88 bits per heavy atom. The third kappa shape index (κ3) is 1.60. The van der Waals surface area contributed by atoms with Crippen LogP contribution < -0.4 is 11.1 Å². The zero-order valence-corrected chi connectivity index (χ0v) is 9.58. The molecule has 3 N–H and O–H groups in total. The number of nitrogens with one attached hydrogen (secondary N) is 1. The van der Waals surface area contributed by atoms with Crippen LogP contribution in [0.25, 0.3) is 0 Å². The molecular weight excluding hydrogens is 218 g/mol. The van der Waals surface area contributed by atoms with Crippen LogP contribution in [-0.4, -0.2) is 4.98 Å². The Bertz CT molecular complexity index is 481. The van der Waals surface area contributed by atoms with Crippen LogP contribution in [0.15, 0.2) is 35.8 Å². The molecule has 4 heteroatoms. The lowest BCUT2D eigenvalue weighted by Crippen LogP contribution is -2.09. The van der Waals surface area contributed by atoms with Crippen molar-refractivity contribution >= 4 is 16.5 Å². The first-order valence-corrected chi connectivity index (χ1v) is 6.23. The summed E-state index contributed by atoms with van der Waals surface area (Å²) in [5.41, 5.74) is 8.68. The molecule has 0 saturated carbocycles. The predicted molar refractivity (Wildman–Crippen MR) is 66.5 cm³/mol. The Balaban J connectivity index is 1.89. The Hall–Kier alpha value is -1.39. The molecule has 0 bridgehead atoms. The van der Waals surface area contributed by atoms with Crippen LogP contribution in [0.1, 0.15) is 29.6 Å². The van der Waals surface area contributed by atoms with E-state index in [0.717, 1.165) is 11.6 Å². The first-order chi connectivity index (χ1) is 7.84. The number of rotatable bonds is 2. The molecule has 0 fully saturated rings. The third-order valence-electron chi connectivity index (χ3n) is 2.99. The van der Waals surface area contributed by atoms with Crippen LogP contribution in [0.2, 0.25) is 0 Å². The van der Waals surface area contributed by atoms with Crippen LogP contribution in [0.4, 0.5) is 5.13 Å². The minimum absolute atomic E-state index is 0.147. The van der Waals surface area contributed by atoms with Gasteiger partial charge < -0.3 is 11.1 Å². The molecule has 1 aromatic heterocycles. The molecule has 16 heavy (non-hydrogen) atoms. The van der Waals surface area contributed by atoms with E-state index in [2.05, 4.69) is 28.5 Å². The summed E-state index contributed by atoms with van der Waals surface area (Å²) in [6.07, 6.45) is 2.76. The minimum Gasteiger partial charge on any atom is -0.355 e. The van der Waals surface area contributed by atoms with Gasteiger partial charge in [-0.25, -0.2) is 4.98 Å². The Morgan fingerprint density at radius 2 is 2.12 bits per heavy atom. The van der Waals surface area contributed by atoms with E-state index in [9.17, 15) is 0 Å². The summed E-state index contributed by atoms with van der Waals surface area (Å²) in [5, 5.41) is 6.38. The van der Waals surface area contributed by atoms with Crippen molar-refractivity contribution < 1.29 is 0 Å². The maximum Gasteiger partial charge on any atom is 0.183 e. The molecule has 0 radical (unpaired) electrons. The first kappa shape index (κ1) is 9.81. The van der Waals surface area contributed by atoms with E-state index in [1.54, 1.807) is 11.3 Å². The van der Waals surface area contributed by atoms with Crippen molar-refractivity contribution in [3.05, 3.63) is 47.0 Å². The van der Waals surface area contributed by atoms with Crippen molar-refractivity contribution in [1.82, 2.24) is 4.98 Å². The number of anilines is 1. The molecule has 2 unspecified atom stereocenters. The highest BCUT2D eigenvalue weighted by atomic mass is 32.1. The zero-order valence-electron chi connectivity index (χ0n) is 8.76. The van der Waals surface area contributed by atoms with E-state index in [1.165, 1.54) is 11.1 Å². The number of benzene rings is 1. The molecule has 0 amide bonds. The maximum absolute atomic E-state index is 6.11. The van der Waals surface area contributed by atoms with Crippen LogP contribution >= 0.6 is 11.3 Å². The zero-order chi connectivity index (χ0) is 11.0. The Kier molecular flexibility index (Phi) is 2.38. The number of hydrogen-bond donors (Lipinski definition) is 2. The van der Waals surface area contributed by atoms with Gasteiger partial charge in [-0.2, -0.15) is 0 Å². The third-order valence-corrected chi connectivity index (χ3v) is 3.69. The van der Waals surface area contributed by atoms with Gasteiger partial charge in [-0.05, 0) is 17.5 Å². The first-order valence-electron chi connectivity index (χ1n) is 5.35. The van der Waals surface area contributed by atoms with Crippen molar-refractivity contribution in [2.75, 3.05) is 5.32 Å². The predicted octanol–water partition coefficient (Wildman–Crippen LogP) is 2.70. The number of nitrogens with two attached hydrogens (primary N) is 1. The van der Waals surface area contributed by atoms with Gasteiger partial charge in [0.25, 0.3) is 0 Å². The number of nitrogens with zero attached hydrogens (tertiary/aromatic N) is 1. The molecule has 3 nitrogen and oxygen atoms in total. The Morgan fingerprint density at radius 1 is 1.31 bits per heavy atom. The largest absolute Gasteiger partial charge is 0.355 e. The molecule has 3 rings (SSSR count). The monoisotopic (exact) mass is 231 g/mol. The lowest BCUT2D eigenvalue weighted by Gasteiger charge is -2.12. The van der Waals surface area contributed by atoms with Crippen LogP contribution in [-0.2, 0) is 0 Å². The lowest BCUT2D eigenvalue weighted by atomic mass is 10.1. The van der Waals surface area contributed by atoms with Crippen LogP contribution in [0.3, 0.4) is 0 Å². The normalized spacial score (nSPS) is 23.1. The molecule has 0 aliphatic heterocycles.